The van der Waals surface area contributed by atoms with E-state index in [1.807, 2.05) is 12.2 Å². The molecule has 0 unspecified atom stereocenters. The normalized spacial score (nSPS) is 25.2. The lowest BCUT2D eigenvalue weighted by Crippen LogP contribution is -2.63. The fourth-order valence-corrected chi connectivity index (χ4v) is 3.13. The molecule has 4 aliphatic carbocycles. The van der Waals surface area contributed by atoms with Crippen LogP contribution in [0.4, 0.5) is 13.2 Å². The number of fused-ring (bicyclic) bond motifs is 2. The Morgan fingerprint density at radius 3 is 2.55 bits per heavy atom. The maximum atomic E-state index is 13.1. The van der Waals surface area contributed by atoms with Crippen LogP contribution in [0, 0.1) is 0 Å². The van der Waals surface area contributed by atoms with E-state index in [1.165, 1.54) is 11.1 Å². The zero-order chi connectivity index (χ0) is 14.1. The number of rotatable bonds is 2. The minimum absolute atomic E-state index is 0.0242. The first-order valence-corrected chi connectivity index (χ1v) is 6.67. The molecule has 4 aliphatic rings. The highest BCUT2D eigenvalue weighted by molar-refractivity contribution is 6.03. The van der Waals surface area contributed by atoms with Gasteiger partial charge in [-0.05, 0) is 60.1 Å². The SMILES string of the molecule is O=C(NC1(C(F)(F)F)CCC1)C1=CC=C2C1=CC1=C2C1. The highest BCUT2D eigenvalue weighted by Gasteiger charge is 2.59. The van der Waals surface area contributed by atoms with Gasteiger partial charge in [-0.3, -0.25) is 4.79 Å². The highest BCUT2D eigenvalue weighted by atomic mass is 19.4. The molecule has 2 nitrogen and oxygen atoms in total. The largest absolute Gasteiger partial charge is 0.411 e. The quantitative estimate of drug-likeness (QED) is 0.827. The van der Waals surface area contributed by atoms with Crippen LogP contribution >= 0.6 is 0 Å². The van der Waals surface area contributed by atoms with Crippen molar-refractivity contribution in [3.8, 4) is 0 Å². The van der Waals surface area contributed by atoms with Gasteiger partial charge in [-0.25, -0.2) is 0 Å². The molecule has 0 bridgehead atoms. The average Bonchev–Trinajstić information content (AvgIpc) is 2.79. The lowest BCUT2D eigenvalue weighted by atomic mass is 9.76. The molecule has 0 radical (unpaired) electrons. The van der Waals surface area contributed by atoms with Gasteiger partial charge in [-0.2, -0.15) is 13.2 Å². The fourth-order valence-electron chi connectivity index (χ4n) is 3.13. The minimum atomic E-state index is -4.38. The van der Waals surface area contributed by atoms with E-state index >= 15 is 0 Å². The molecule has 1 N–H and O–H groups in total. The summed E-state index contributed by atoms with van der Waals surface area (Å²) in [6.45, 7) is 0. The van der Waals surface area contributed by atoms with Gasteiger partial charge in [0, 0.05) is 5.57 Å². The Morgan fingerprint density at radius 2 is 1.95 bits per heavy atom. The monoisotopic (exact) mass is 279 g/mol. The number of amides is 1. The summed E-state index contributed by atoms with van der Waals surface area (Å²) >= 11 is 0. The molecule has 0 aliphatic heterocycles. The third-order valence-corrected chi connectivity index (χ3v) is 4.62. The molecule has 1 amide bonds. The van der Waals surface area contributed by atoms with Crippen LogP contribution in [0.1, 0.15) is 25.7 Å². The van der Waals surface area contributed by atoms with Gasteiger partial charge >= 0.3 is 6.18 Å². The van der Waals surface area contributed by atoms with Crippen molar-refractivity contribution in [2.75, 3.05) is 0 Å². The molecule has 5 heteroatoms. The first kappa shape index (κ1) is 12.0. The van der Waals surface area contributed by atoms with Crippen LogP contribution < -0.4 is 5.32 Å². The Morgan fingerprint density at radius 1 is 1.20 bits per heavy atom. The molecule has 104 valence electrons. The summed E-state index contributed by atoms with van der Waals surface area (Å²) < 4.78 is 39.2. The van der Waals surface area contributed by atoms with E-state index < -0.39 is 17.6 Å². The molecule has 0 atom stereocenters. The number of carbonyl (C=O) groups excluding carboxylic acids is 1. The molecule has 0 aromatic heterocycles. The van der Waals surface area contributed by atoms with E-state index in [4.69, 9.17) is 0 Å². The second-order valence-electron chi connectivity index (χ2n) is 5.79. The Hall–Kier alpha value is -1.78. The van der Waals surface area contributed by atoms with E-state index in [2.05, 4.69) is 5.32 Å². The average molecular weight is 279 g/mol. The Kier molecular flexibility index (Phi) is 2.07. The van der Waals surface area contributed by atoms with Crippen molar-refractivity contribution in [3.05, 3.63) is 46.1 Å². The summed E-state index contributed by atoms with van der Waals surface area (Å²) in [5, 5.41) is 2.23. The molecule has 1 fully saturated rings. The van der Waals surface area contributed by atoms with Crippen LogP contribution in [0.25, 0.3) is 0 Å². The van der Waals surface area contributed by atoms with Gasteiger partial charge in [-0.1, -0.05) is 6.08 Å². The van der Waals surface area contributed by atoms with Gasteiger partial charge < -0.3 is 5.32 Å². The van der Waals surface area contributed by atoms with E-state index in [9.17, 15) is 18.0 Å². The van der Waals surface area contributed by atoms with Gasteiger partial charge in [0.25, 0.3) is 5.91 Å². The lowest BCUT2D eigenvalue weighted by molar-refractivity contribution is -0.218. The predicted molar refractivity (Wildman–Crippen MR) is 66.7 cm³/mol. The number of hydrogen-bond donors (Lipinski definition) is 1. The predicted octanol–water partition coefficient (Wildman–Crippen LogP) is 3.09. The number of carbonyl (C=O) groups is 1. The molecule has 0 aromatic rings. The number of allylic oxidation sites excluding steroid dienone is 6. The molecule has 20 heavy (non-hydrogen) atoms. The van der Waals surface area contributed by atoms with E-state index in [1.54, 1.807) is 6.08 Å². The van der Waals surface area contributed by atoms with Crippen LogP contribution in [0.5, 0.6) is 0 Å². The summed E-state index contributed by atoms with van der Waals surface area (Å²) in [5.41, 5.74) is 2.58. The van der Waals surface area contributed by atoms with E-state index in [-0.39, 0.29) is 12.8 Å². The molecule has 0 saturated heterocycles. The van der Waals surface area contributed by atoms with Gasteiger partial charge in [0.2, 0.25) is 0 Å². The summed E-state index contributed by atoms with van der Waals surface area (Å²) in [7, 11) is 0. The van der Waals surface area contributed by atoms with Gasteiger partial charge in [0.1, 0.15) is 5.54 Å². The lowest BCUT2D eigenvalue weighted by Gasteiger charge is -2.43. The van der Waals surface area contributed by atoms with Crippen molar-refractivity contribution < 1.29 is 18.0 Å². The topological polar surface area (TPSA) is 29.1 Å². The fraction of sp³-hybridized carbons (Fsp3) is 0.400. The Bertz CT molecular complexity index is 657. The Balaban J connectivity index is 1.54. The minimum Gasteiger partial charge on any atom is -0.338 e. The first-order chi connectivity index (χ1) is 9.41. The first-order valence-electron chi connectivity index (χ1n) is 6.67. The highest BCUT2D eigenvalue weighted by Crippen LogP contribution is 2.52. The summed E-state index contributed by atoms with van der Waals surface area (Å²) in [4.78, 5) is 12.2. The summed E-state index contributed by atoms with van der Waals surface area (Å²) in [6.07, 6.45) is 2.39. The number of halogens is 3. The van der Waals surface area contributed by atoms with Crippen molar-refractivity contribution >= 4 is 5.91 Å². The number of alkyl halides is 3. The van der Waals surface area contributed by atoms with Crippen molar-refractivity contribution in [2.24, 2.45) is 0 Å². The van der Waals surface area contributed by atoms with Gasteiger partial charge in [-0.15, -0.1) is 0 Å². The third-order valence-electron chi connectivity index (χ3n) is 4.62. The molecule has 0 spiro atoms. The molecule has 4 rings (SSSR count). The molecule has 1 saturated carbocycles. The molecule has 0 heterocycles. The van der Waals surface area contributed by atoms with E-state index in [0.717, 1.165) is 17.6 Å². The third kappa shape index (κ3) is 1.43. The molecular formula is C15H12F3NO. The second-order valence-corrected chi connectivity index (χ2v) is 5.79. The zero-order valence-corrected chi connectivity index (χ0v) is 10.6. The maximum absolute atomic E-state index is 13.1. The summed E-state index contributed by atoms with van der Waals surface area (Å²) in [5.74, 6) is -0.609. The van der Waals surface area contributed by atoms with Crippen LogP contribution in [-0.4, -0.2) is 17.6 Å². The van der Waals surface area contributed by atoms with Crippen molar-refractivity contribution in [1.82, 2.24) is 5.32 Å². The molecular weight excluding hydrogens is 267 g/mol. The standard InChI is InChI=1S/C15H12F3NO/c16-15(17,18)14(4-1-5-14)19-13(20)10-3-2-9-11-6-8(11)7-12(9)10/h2-3,7H,1,4-6H2,(H,19,20). The van der Waals surface area contributed by atoms with Crippen LogP contribution in [-0.2, 0) is 4.79 Å². The van der Waals surface area contributed by atoms with Crippen LogP contribution in [0.15, 0.2) is 46.1 Å². The van der Waals surface area contributed by atoms with Crippen molar-refractivity contribution in [1.29, 1.82) is 0 Å². The number of nitrogens with one attached hydrogen (secondary N) is 1. The second kappa shape index (κ2) is 3.45. The summed E-state index contributed by atoms with van der Waals surface area (Å²) in [6, 6.07) is 0. The smallest absolute Gasteiger partial charge is 0.338 e. The van der Waals surface area contributed by atoms with Gasteiger partial charge in [0.15, 0.2) is 0 Å². The van der Waals surface area contributed by atoms with Crippen LogP contribution in [0.2, 0.25) is 0 Å². The van der Waals surface area contributed by atoms with Gasteiger partial charge in [0.05, 0.1) is 0 Å². The number of hydrogen-bond acceptors (Lipinski definition) is 1. The van der Waals surface area contributed by atoms with Crippen molar-refractivity contribution in [2.45, 2.75) is 37.4 Å². The Labute approximate surface area is 113 Å². The van der Waals surface area contributed by atoms with E-state index in [0.29, 0.717) is 12.0 Å². The zero-order valence-electron chi connectivity index (χ0n) is 10.6. The maximum Gasteiger partial charge on any atom is 0.411 e. The van der Waals surface area contributed by atoms with Crippen molar-refractivity contribution in [3.63, 3.8) is 0 Å². The molecule has 0 aromatic carbocycles. The van der Waals surface area contributed by atoms with Crippen LogP contribution in [0.3, 0.4) is 0 Å².